The summed E-state index contributed by atoms with van der Waals surface area (Å²) >= 11 is 0. The molecule has 0 aliphatic heterocycles. The van der Waals surface area contributed by atoms with Crippen molar-refractivity contribution in [2.75, 3.05) is 13.2 Å². The van der Waals surface area contributed by atoms with Gasteiger partial charge in [-0.15, -0.1) is 0 Å². The van der Waals surface area contributed by atoms with Crippen LogP contribution in [0.2, 0.25) is 0 Å². The molecule has 0 spiro atoms. The van der Waals surface area contributed by atoms with Crippen LogP contribution >= 0.6 is 0 Å². The number of nitrogens with two attached hydrogens (primary N) is 4. The summed E-state index contributed by atoms with van der Waals surface area (Å²) in [5.41, 5.74) is 22.4. The number of carboxylic acids is 1. The van der Waals surface area contributed by atoms with Gasteiger partial charge in [0.1, 0.15) is 36.3 Å². The zero-order valence-electron chi connectivity index (χ0n) is 35.2. The van der Waals surface area contributed by atoms with Crippen LogP contribution in [0.4, 0.5) is 0 Å². The minimum Gasteiger partial charge on any atom is -0.480 e. The summed E-state index contributed by atoms with van der Waals surface area (Å²) < 4.78 is 0. The molecule has 0 saturated heterocycles. The Labute approximate surface area is 349 Å². The molecule has 338 valence electrons. The predicted molar refractivity (Wildman–Crippen MR) is 219 cm³/mol. The summed E-state index contributed by atoms with van der Waals surface area (Å²) in [4.78, 5) is 115. The number of aromatic nitrogens is 2. The molecule has 1 heterocycles. The van der Waals surface area contributed by atoms with E-state index < -0.39 is 102 Å². The summed E-state index contributed by atoms with van der Waals surface area (Å²) in [6.07, 6.45) is 2.50. The van der Waals surface area contributed by atoms with Crippen LogP contribution in [0.3, 0.4) is 0 Å². The molecular weight excluding hydrogens is 786 g/mol. The highest BCUT2D eigenvalue weighted by Crippen LogP contribution is 2.11. The number of H-pyrrole nitrogens is 1. The van der Waals surface area contributed by atoms with E-state index in [-0.39, 0.29) is 62.9 Å². The zero-order valence-corrected chi connectivity index (χ0v) is 35.2. The molecular formula is C37H65N13O10. The van der Waals surface area contributed by atoms with Gasteiger partial charge >= 0.3 is 5.97 Å². The second-order valence-corrected chi connectivity index (χ2v) is 15.7. The molecule has 7 atom stereocenters. The van der Waals surface area contributed by atoms with E-state index in [0.717, 1.165) is 0 Å². The number of aromatic amines is 1. The number of carboxylic acid groups (broad SMARTS) is 1. The van der Waals surface area contributed by atoms with E-state index in [1.165, 1.54) is 12.5 Å². The molecule has 0 unspecified atom stereocenters. The first-order chi connectivity index (χ1) is 28.0. The number of nitrogens with one attached hydrogen (secondary N) is 7. The predicted octanol–water partition coefficient (Wildman–Crippen LogP) is -3.67. The Morgan fingerprint density at radius 2 is 1.23 bits per heavy atom. The van der Waals surface area contributed by atoms with Gasteiger partial charge in [-0.05, 0) is 49.9 Å². The number of primary amides is 1. The molecule has 1 aromatic rings. The van der Waals surface area contributed by atoms with Gasteiger partial charge in [0.2, 0.25) is 41.4 Å². The number of amides is 7. The van der Waals surface area contributed by atoms with Gasteiger partial charge in [-0.2, -0.15) is 0 Å². The van der Waals surface area contributed by atoms with Crippen LogP contribution < -0.4 is 54.8 Å². The Balaban J connectivity index is 3.39. The molecule has 0 saturated carbocycles. The average molecular weight is 852 g/mol. The summed E-state index contributed by atoms with van der Waals surface area (Å²) in [6, 6.07) is -9.17. The number of aliphatic carboxylic acids is 1. The Bertz CT molecular complexity index is 1620. The van der Waals surface area contributed by atoms with E-state index in [1.54, 1.807) is 27.7 Å². The maximum Gasteiger partial charge on any atom is 0.326 e. The molecule has 1 rings (SSSR count). The topological polar surface area (TPSA) is 394 Å². The average Bonchev–Trinajstić information content (AvgIpc) is 3.66. The Morgan fingerprint density at radius 1 is 0.700 bits per heavy atom. The molecule has 7 amide bonds. The number of aliphatic hydroxyl groups is 1. The molecule has 0 radical (unpaired) electrons. The molecule has 60 heavy (non-hydrogen) atoms. The number of hydrogen-bond acceptors (Lipinski definition) is 12. The fourth-order valence-electron chi connectivity index (χ4n) is 5.80. The Kier molecular flexibility index (Phi) is 22.9. The Morgan fingerprint density at radius 3 is 1.75 bits per heavy atom. The smallest absolute Gasteiger partial charge is 0.326 e. The van der Waals surface area contributed by atoms with Crippen molar-refractivity contribution >= 4 is 53.3 Å². The molecule has 0 aliphatic rings. The number of nitrogens with zero attached hydrogens (tertiary/aromatic N) is 2. The van der Waals surface area contributed by atoms with Crippen molar-refractivity contribution in [3.8, 4) is 0 Å². The molecule has 23 nitrogen and oxygen atoms in total. The van der Waals surface area contributed by atoms with Crippen molar-refractivity contribution < 1.29 is 48.6 Å². The van der Waals surface area contributed by atoms with Crippen LogP contribution in [-0.2, 0) is 44.8 Å². The third-order valence-corrected chi connectivity index (χ3v) is 8.95. The van der Waals surface area contributed by atoms with Crippen molar-refractivity contribution in [2.45, 2.75) is 129 Å². The number of rotatable bonds is 28. The maximum absolute atomic E-state index is 14.0. The number of carbonyl (C=O) groups excluding carboxylic acids is 7. The fraction of sp³-hybridized carbons (Fsp3) is 0.676. The van der Waals surface area contributed by atoms with Gasteiger partial charge < -0.3 is 70.0 Å². The van der Waals surface area contributed by atoms with Gasteiger partial charge in [0.25, 0.3) is 0 Å². The number of aliphatic imine (C=N–C) groups is 1. The lowest BCUT2D eigenvalue weighted by atomic mass is 9.99. The van der Waals surface area contributed by atoms with Gasteiger partial charge in [-0.1, -0.05) is 41.5 Å². The minimum absolute atomic E-state index is 0.0622. The quantitative estimate of drug-likeness (QED) is 0.0220. The first-order valence-electron chi connectivity index (χ1n) is 19.8. The third kappa shape index (κ3) is 19.7. The summed E-state index contributed by atoms with van der Waals surface area (Å²) in [5, 5.41) is 34.7. The number of imidazole rings is 1. The lowest BCUT2D eigenvalue weighted by molar-refractivity contribution is -0.142. The summed E-state index contributed by atoms with van der Waals surface area (Å²) in [6.45, 7) is 9.76. The van der Waals surface area contributed by atoms with Crippen LogP contribution in [0, 0.1) is 17.8 Å². The molecule has 17 N–H and O–H groups in total. The second kappa shape index (κ2) is 26.3. The number of guanidine groups is 1. The van der Waals surface area contributed by atoms with E-state index in [9.17, 15) is 48.6 Å². The van der Waals surface area contributed by atoms with Gasteiger partial charge in [-0.25, -0.2) is 9.78 Å². The SMILES string of the molecule is CC(C)C[C@H](NC(=O)[C@@H](NC(=O)[C@H](Cc1cnc[nH]1)NC(=O)[C@H](CCCN=C(N)N)NC(=O)[C@H](CO)NC(=O)[C@@H](N)CC(C)C)C(C)C)C(=O)N[C@@H](CCC(N)=O)C(=O)O. The first kappa shape index (κ1) is 52.2. The van der Waals surface area contributed by atoms with Gasteiger partial charge in [0, 0.05) is 31.3 Å². The van der Waals surface area contributed by atoms with Crippen LogP contribution in [0.15, 0.2) is 17.5 Å². The number of aliphatic hydroxyl groups excluding tert-OH is 1. The number of hydrogen-bond donors (Lipinski definition) is 13. The lowest BCUT2D eigenvalue weighted by Crippen LogP contribution is -2.61. The highest BCUT2D eigenvalue weighted by Gasteiger charge is 2.35. The van der Waals surface area contributed by atoms with Crippen LogP contribution in [0.1, 0.15) is 85.8 Å². The van der Waals surface area contributed by atoms with E-state index in [4.69, 9.17) is 22.9 Å². The van der Waals surface area contributed by atoms with Gasteiger partial charge in [0.15, 0.2) is 5.96 Å². The molecule has 1 aromatic heterocycles. The van der Waals surface area contributed by atoms with Crippen LogP contribution in [0.5, 0.6) is 0 Å². The van der Waals surface area contributed by atoms with Crippen molar-refractivity contribution in [3.05, 3.63) is 18.2 Å². The molecule has 0 aliphatic carbocycles. The monoisotopic (exact) mass is 851 g/mol. The summed E-state index contributed by atoms with van der Waals surface area (Å²) in [5.74, 6) is -7.96. The van der Waals surface area contributed by atoms with E-state index in [0.29, 0.717) is 12.1 Å². The zero-order chi connectivity index (χ0) is 45.7. The maximum atomic E-state index is 14.0. The summed E-state index contributed by atoms with van der Waals surface area (Å²) in [7, 11) is 0. The van der Waals surface area contributed by atoms with Gasteiger partial charge in [-0.3, -0.25) is 38.6 Å². The van der Waals surface area contributed by atoms with Crippen molar-refractivity contribution in [2.24, 2.45) is 45.7 Å². The van der Waals surface area contributed by atoms with Crippen LogP contribution in [-0.4, -0.2) is 129 Å². The molecule has 0 bridgehead atoms. The van der Waals surface area contributed by atoms with E-state index in [2.05, 4.69) is 46.9 Å². The Hall–Kier alpha value is -5.84. The normalized spacial score (nSPS) is 14.7. The highest BCUT2D eigenvalue weighted by atomic mass is 16.4. The van der Waals surface area contributed by atoms with E-state index in [1.807, 2.05) is 13.8 Å². The largest absolute Gasteiger partial charge is 0.480 e. The molecule has 0 fully saturated rings. The fourth-order valence-corrected chi connectivity index (χ4v) is 5.80. The van der Waals surface area contributed by atoms with Crippen molar-refractivity contribution in [1.29, 1.82) is 0 Å². The highest BCUT2D eigenvalue weighted by molar-refractivity contribution is 5.97. The van der Waals surface area contributed by atoms with Crippen LogP contribution in [0.25, 0.3) is 0 Å². The van der Waals surface area contributed by atoms with Gasteiger partial charge in [0.05, 0.1) is 19.0 Å². The molecule has 23 heteroatoms. The van der Waals surface area contributed by atoms with Crippen molar-refractivity contribution in [3.63, 3.8) is 0 Å². The lowest BCUT2D eigenvalue weighted by Gasteiger charge is -2.29. The third-order valence-electron chi connectivity index (χ3n) is 8.95. The standard InChI is InChI=1S/C37H65N13O10/c1-18(2)12-22(38)30(53)49-27(16-51)34(57)45-23(8-7-11-43-37(40)41)31(54)47-26(14-21-15-42-17-44-21)33(56)50-29(20(5)6)35(58)48-25(13-19(3)4)32(55)46-24(36(59)60)9-10-28(39)52/h15,17-20,22-27,29,51H,7-14,16,38H2,1-6H3,(H2,39,52)(H,42,44)(H,45,57)(H,46,55)(H,47,54)(H,48,58)(H,49,53)(H,50,56)(H,59,60)(H4,40,41,43)/t22-,23-,24-,25-,26-,27-,29-/m0/s1. The second-order valence-electron chi connectivity index (χ2n) is 15.7. The van der Waals surface area contributed by atoms with Crippen molar-refractivity contribution in [1.82, 2.24) is 41.9 Å². The van der Waals surface area contributed by atoms with E-state index >= 15 is 0 Å². The molecule has 0 aromatic carbocycles. The number of carbonyl (C=O) groups is 8. The minimum atomic E-state index is -1.48. The first-order valence-corrected chi connectivity index (χ1v) is 19.8.